The molecule has 0 spiro atoms. The van der Waals surface area contributed by atoms with Crippen molar-refractivity contribution < 1.29 is 4.79 Å². The molecule has 0 aromatic rings. The summed E-state index contributed by atoms with van der Waals surface area (Å²) in [6, 6.07) is 0. The molecular weight excluding hydrogens is 138 g/mol. The predicted molar refractivity (Wildman–Crippen MR) is 44.8 cm³/mol. The van der Waals surface area contributed by atoms with Crippen LogP contribution in [0.25, 0.3) is 0 Å². The number of rotatable bonds is 1. The number of carbonyl (C=O) groups is 1. The van der Waals surface area contributed by atoms with Crippen molar-refractivity contribution in [2.24, 2.45) is 11.7 Å². The van der Waals surface area contributed by atoms with Crippen LogP contribution >= 0.6 is 0 Å². The molecule has 0 bridgehead atoms. The second kappa shape index (κ2) is 3.37. The Labute approximate surface area is 66.8 Å². The van der Waals surface area contributed by atoms with E-state index in [1.54, 1.807) is 0 Å². The van der Waals surface area contributed by atoms with Gasteiger partial charge in [0, 0.05) is 5.57 Å². The van der Waals surface area contributed by atoms with Crippen molar-refractivity contribution in [3.63, 3.8) is 0 Å². The first-order chi connectivity index (χ1) is 5.20. The lowest BCUT2D eigenvalue weighted by atomic mass is 10.1. The smallest absolute Gasteiger partial charge is 0.248 e. The van der Waals surface area contributed by atoms with Crippen LogP contribution in [-0.2, 0) is 4.79 Å². The molecule has 0 aliphatic heterocycles. The van der Waals surface area contributed by atoms with Crippen LogP contribution in [0.1, 0.15) is 19.8 Å². The Morgan fingerprint density at radius 3 is 3.09 bits per heavy atom. The van der Waals surface area contributed by atoms with Gasteiger partial charge in [-0.3, -0.25) is 4.79 Å². The zero-order valence-electron chi connectivity index (χ0n) is 6.71. The first-order valence-corrected chi connectivity index (χ1v) is 3.88. The van der Waals surface area contributed by atoms with Crippen LogP contribution in [0.4, 0.5) is 0 Å². The van der Waals surface area contributed by atoms with Gasteiger partial charge in [-0.25, -0.2) is 0 Å². The lowest BCUT2D eigenvalue weighted by molar-refractivity contribution is -0.114. The minimum Gasteiger partial charge on any atom is -0.366 e. The van der Waals surface area contributed by atoms with Gasteiger partial charge in [0.25, 0.3) is 0 Å². The largest absolute Gasteiger partial charge is 0.366 e. The van der Waals surface area contributed by atoms with Gasteiger partial charge in [0.2, 0.25) is 5.91 Å². The molecule has 60 valence electrons. The number of primary amides is 1. The molecule has 0 saturated carbocycles. The number of amides is 1. The summed E-state index contributed by atoms with van der Waals surface area (Å²) in [5, 5.41) is 0. The molecular formula is C9H13NO. The van der Waals surface area contributed by atoms with Gasteiger partial charge in [0.1, 0.15) is 0 Å². The summed E-state index contributed by atoms with van der Waals surface area (Å²) in [6.45, 7) is 2.09. The topological polar surface area (TPSA) is 43.1 Å². The number of hydrogen-bond acceptors (Lipinski definition) is 1. The van der Waals surface area contributed by atoms with Gasteiger partial charge in [-0.2, -0.15) is 0 Å². The second-order valence-corrected chi connectivity index (χ2v) is 2.94. The Kier molecular flexibility index (Phi) is 2.47. The fourth-order valence-corrected chi connectivity index (χ4v) is 1.18. The molecule has 1 atom stereocenters. The normalized spacial score (nSPS) is 24.1. The van der Waals surface area contributed by atoms with E-state index in [9.17, 15) is 4.79 Å². The maximum absolute atomic E-state index is 10.8. The zero-order chi connectivity index (χ0) is 8.27. The Bertz CT molecular complexity index is 216. The van der Waals surface area contributed by atoms with E-state index in [0.29, 0.717) is 11.5 Å². The summed E-state index contributed by atoms with van der Waals surface area (Å²) in [5.74, 6) is 0.141. The maximum atomic E-state index is 10.8. The van der Waals surface area contributed by atoms with Crippen molar-refractivity contribution >= 4 is 5.91 Å². The fourth-order valence-electron chi connectivity index (χ4n) is 1.18. The SMILES string of the molecule is CC1C=C(C(N)=O)C=CCC1. The molecule has 1 amide bonds. The predicted octanol–water partition coefficient (Wildman–Crippen LogP) is 1.38. The summed E-state index contributed by atoms with van der Waals surface area (Å²) >= 11 is 0. The molecule has 1 aliphatic rings. The van der Waals surface area contributed by atoms with Gasteiger partial charge in [-0.1, -0.05) is 25.2 Å². The zero-order valence-corrected chi connectivity index (χ0v) is 6.71. The second-order valence-electron chi connectivity index (χ2n) is 2.94. The van der Waals surface area contributed by atoms with Gasteiger partial charge in [0.05, 0.1) is 0 Å². The first-order valence-electron chi connectivity index (χ1n) is 3.88. The highest BCUT2D eigenvalue weighted by atomic mass is 16.1. The molecule has 0 heterocycles. The molecule has 2 heteroatoms. The number of allylic oxidation sites excluding steroid dienone is 2. The molecule has 0 fully saturated rings. The summed E-state index contributed by atoms with van der Waals surface area (Å²) < 4.78 is 0. The van der Waals surface area contributed by atoms with Gasteiger partial charge in [-0.05, 0) is 18.8 Å². The van der Waals surface area contributed by atoms with E-state index < -0.39 is 0 Å². The Hall–Kier alpha value is -1.05. The van der Waals surface area contributed by atoms with Crippen molar-refractivity contribution in [2.45, 2.75) is 19.8 Å². The molecule has 11 heavy (non-hydrogen) atoms. The molecule has 2 nitrogen and oxygen atoms in total. The lowest BCUT2D eigenvalue weighted by Crippen LogP contribution is -2.12. The standard InChI is InChI=1S/C9H13NO/c1-7-4-2-3-5-8(6-7)9(10)11/h3,5-7H,2,4H2,1H3,(H2,10,11). The van der Waals surface area contributed by atoms with E-state index in [2.05, 4.69) is 6.92 Å². The van der Waals surface area contributed by atoms with E-state index in [0.717, 1.165) is 12.8 Å². The third kappa shape index (κ3) is 2.22. The van der Waals surface area contributed by atoms with Gasteiger partial charge in [0.15, 0.2) is 0 Å². The summed E-state index contributed by atoms with van der Waals surface area (Å²) in [7, 11) is 0. The Morgan fingerprint density at radius 2 is 2.45 bits per heavy atom. The van der Waals surface area contributed by atoms with Crippen LogP contribution in [0.3, 0.4) is 0 Å². The third-order valence-corrected chi connectivity index (χ3v) is 1.83. The van der Waals surface area contributed by atoms with Crippen molar-refractivity contribution in [1.29, 1.82) is 0 Å². The van der Waals surface area contributed by atoms with E-state index in [1.165, 1.54) is 0 Å². The molecule has 2 N–H and O–H groups in total. The van der Waals surface area contributed by atoms with Crippen LogP contribution < -0.4 is 5.73 Å². The van der Waals surface area contributed by atoms with Crippen molar-refractivity contribution in [1.82, 2.24) is 0 Å². The average Bonchev–Trinajstić information content (AvgIpc) is 2.13. The summed E-state index contributed by atoms with van der Waals surface area (Å²) in [4.78, 5) is 10.8. The van der Waals surface area contributed by atoms with Gasteiger partial charge >= 0.3 is 0 Å². The van der Waals surface area contributed by atoms with E-state index in [-0.39, 0.29) is 5.91 Å². The van der Waals surface area contributed by atoms with Crippen molar-refractivity contribution in [3.8, 4) is 0 Å². The van der Waals surface area contributed by atoms with E-state index in [1.807, 2.05) is 18.2 Å². The molecule has 1 unspecified atom stereocenters. The van der Waals surface area contributed by atoms with E-state index >= 15 is 0 Å². The van der Waals surface area contributed by atoms with E-state index in [4.69, 9.17) is 5.73 Å². The maximum Gasteiger partial charge on any atom is 0.248 e. The number of nitrogens with two attached hydrogens (primary N) is 1. The van der Waals surface area contributed by atoms with Crippen LogP contribution in [0.2, 0.25) is 0 Å². The summed E-state index contributed by atoms with van der Waals surface area (Å²) in [6.07, 6.45) is 7.89. The molecule has 0 aromatic carbocycles. The van der Waals surface area contributed by atoms with Crippen LogP contribution in [0.15, 0.2) is 23.8 Å². The van der Waals surface area contributed by atoms with Crippen molar-refractivity contribution in [2.75, 3.05) is 0 Å². The lowest BCUT2D eigenvalue weighted by Gasteiger charge is -2.00. The highest BCUT2D eigenvalue weighted by Gasteiger charge is 2.06. The fraction of sp³-hybridized carbons (Fsp3) is 0.444. The number of hydrogen-bond donors (Lipinski definition) is 1. The quantitative estimate of drug-likeness (QED) is 0.604. The monoisotopic (exact) mass is 151 g/mol. The highest BCUT2D eigenvalue weighted by Crippen LogP contribution is 2.15. The molecule has 0 aromatic heterocycles. The van der Waals surface area contributed by atoms with Gasteiger partial charge < -0.3 is 5.73 Å². The molecule has 1 rings (SSSR count). The summed E-state index contributed by atoms with van der Waals surface area (Å²) in [5.41, 5.74) is 5.79. The highest BCUT2D eigenvalue weighted by molar-refractivity contribution is 5.94. The molecule has 0 saturated heterocycles. The van der Waals surface area contributed by atoms with Gasteiger partial charge in [-0.15, -0.1) is 0 Å². The minimum atomic E-state index is -0.324. The van der Waals surface area contributed by atoms with Crippen LogP contribution in [0, 0.1) is 5.92 Å². The third-order valence-electron chi connectivity index (χ3n) is 1.83. The van der Waals surface area contributed by atoms with Crippen LogP contribution in [-0.4, -0.2) is 5.91 Å². The molecule has 0 radical (unpaired) electrons. The first kappa shape index (κ1) is 8.05. The minimum absolute atomic E-state index is 0.324. The molecule has 1 aliphatic carbocycles. The Balaban J connectivity index is 2.79. The van der Waals surface area contributed by atoms with Crippen molar-refractivity contribution in [3.05, 3.63) is 23.8 Å². The Morgan fingerprint density at radius 1 is 1.73 bits per heavy atom. The van der Waals surface area contributed by atoms with Crippen LogP contribution in [0.5, 0.6) is 0 Å². The number of carbonyl (C=O) groups excluding carboxylic acids is 1. The average molecular weight is 151 g/mol.